The second-order valence-corrected chi connectivity index (χ2v) is 6.20. The molecule has 1 aromatic heterocycles. The summed E-state index contributed by atoms with van der Waals surface area (Å²) in [5, 5.41) is 3.13. The molecule has 0 radical (unpaired) electrons. The molecule has 1 amide bonds. The molecule has 17 heavy (non-hydrogen) atoms. The molecule has 3 nitrogen and oxygen atoms in total. The molecule has 1 aliphatic heterocycles. The van der Waals surface area contributed by atoms with E-state index in [2.05, 4.69) is 0 Å². The molecule has 2 heterocycles. The predicted molar refractivity (Wildman–Crippen MR) is 70.2 cm³/mol. The molecule has 2 fully saturated rings. The predicted octanol–water partition coefficient (Wildman–Crippen LogP) is 2.37. The van der Waals surface area contributed by atoms with Crippen LogP contribution in [0.25, 0.3) is 0 Å². The Balaban J connectivity index is 1.80. The van der Waals surface area contributed by atoms with Gasteiger partial charge in [0.25, 0.3) is 0 Å². The lowest BCUT2D eigenvalue weighted by Crippen LogP contribution is -2.40. The number of anilines is 1. The Kier molecular flexibility index (Phi) is 2.71. The van der Waals surface area contributed by atoms with Gasteiger partial charge in [0.2, 0.25) is 5.91 Å². The Morgan fingerprint density at radius 2 is 2.12 bits per heavy atom. The maximum absolute atomic E-state index is 12.6. The van der Waals surface area contributed by atoms with Gasteiger partial charge in [-0.1, -0.05) is 0 Å². The summed E-state index contributed by atoms with van der Waals surface area (Å²) in [7, 11) is 0. The molecule has 92 valence electrons. The van der Waals surface area contributed by atoms with Gasteiger partial charge in [-0.25, -0.2) is 0 Å². The molecule has 1 saturated heterocycles. The third-order valence-corrected chi connectivity index (χ3v) is 5.16. The van der Waals surface area contributed by atoms with Crippen molar-refractivity contribution in [3.05, 3.63) is 17.5 Å². The first kappa shape index (κ1) is 11.2. The molecule has 2 N–H and O–H groups in total. The highest BCUT2D eigenvalue weighted by Gasteiger charge is 2.48. The third kappa shape index (κ3) is 1.79. The van der Waals surface area contributed by atoms with E-state index in [1.807, 2.05) is 22.4 Å². The van der Waals surface area contributed by atoms with Gasteiger partial charge >= 0.3 is 0 Å². The number of hydrogen-bond acceptors (Lipinski definition) is 3. The van der Waals surface area contributed by atoms with Gasteiger partial charge in [0.05, 0.1) is 10.4 Å². The first-order valence-electron chi connectivity index (χ1n) is 6.32. The van der Waals surface area contributed by atoms with Crippen LogP contribution in [-0.2, 0) is 4.79 Å². The third-order valence-electron chi connectivity index (χ3n) is 4.27. The topological polar surface area (TPSA) is 46.3 Å². The lowest BCUT2D eigenvalue weighted by atomic mass is 9.71. The summed E-state index contributed by atoms with van der Waals surface area (Å²) in [6, 6.07) is 4.36. The molecule has 0 aromatic carbocycles. The van der Waals surface area contributed by atoms with Gasteiger partial charge in [-0.15, -0.1) is 11.3 Å². The van der Waals surface area contributed by atoms with Crippen molar-refractivity contribution in [3.8, 4) is 0 Å². The first-order valence-corrected chi connectivity index (χ1v) is 7.20. The number of hydrogen-bond donors (Lipinski definition) is 1. The SMILES string of the molecule is NC1CCC2(CC1)CCN(c1cccs1)C2=O. The quantitative estimate of drug-likeness (QED) is 0.831. The Morgan fingerprint density at radius 3 is 2.76 bits per heavy atom. The molecular weight excluding hydrogens is 232 g/mol. The molecule has 1 spiro atoms. The van der Waals surface area contributed by atoms with Crippen molar-refractivity contribution in [2.24, 2.45) is 11.1 Å². The maximum atomic E-state index is 12.6. The summed E-state index contributed by atoms with van der Waals surface area (Å²) in [4.78, 5) is 14.6. The van der Waals surface area contributed by atoms with Crippen molar-refractivity contribution in [1.82, 2.24) is 0 Å². The van der Waals surface area contributed by atoms with Crippen LogP contribution in [0.2, 0.25) is 0 Å². The van der Waals surface area contributed by atoms with Crippen LogP contribution in [0.3, 0.4) is 0 Å². The van der Waals surface area contributed by atoms with E-state index in [4.69, 9.17) is 5.73 Å². The van der Waals surface area contributed by atoms with Crippen molar-refractivity contribution in [3.63, 3.8) is 0 Å². The zero-order valence-corrected chi connectivity index (χ0v) is 10.7. The maximum Gasteiger partial charge on any atom is 0.233 e. The zero-order chi connectivity index (χ0) is 11.9. The van der Waals surface area contributed by atoms with Crippen LogP contribution in [0.5, 0.6) is 0 Å². The number of nitrogens with two attached hydrogens (primary N) is 1. The van der Waals surface area contributed by atoms with Gasteiger partial charge < -0.3 is 10.6 Å². The van der Waals surface area contributed by atoms with Gasteiger partial charge in [-0.3, -0.25) is 4.79 Å². The minimum atomic E-state index is -0.0835. The molecule has 0 atom stereocenters. The van der Waals surface area contributed by atoms with Gasteiger partial charge in [0, 0.05) is 12.6 Å². The van der Waals surface area contributed by atoms with E-state index in [0.717, 1.165) is 43.6 Å². The van der Waals surface area contributed by atoms with Crippen LogP contribution in [-0.4, -0.2) is 18.5 Å². The van der Waals surface area contributed by atoms with E-state index >= 15 is 0 Å². The summed E-state index contributed by atoms with van der Waals surface area (Å²) in [5.74, 6) is 0.340. The van der Waals surface area contributed by atoms with Gasteiger partial charge in [0.1, 0.15) is 0 Å². The fourth-order valence-corrected chi connectivity index (χ4v) is 3.87. The summed E-state index contributed by atoms with van der Waals surface area (Å²) < 4.78 is 0. The van der Waals surface area contributed by atoms with Crippen LogP contribution in [0.1, 0.15) is 32.1 Å². The van der Waals surface area contributed by atoms with Crippen LogP contribution in [0.15, 0.2) is 17.5 Å². The van der Waals surface area contributed by atoms with Crippen molar-refractivity contribution in [2.75, 3.05) is 11.4 Å². The number of nitrogens with zero attached hydrogens (tertiary/aromatic N) is 1. The normalized spacial score (nSPS) is 33.6. The fourth-order valence-electron chi connectivity index (χ4n) is 3.11. The molecule has 3 rings (SSSR count). The van der Waals surface area contributed by atoms with Crippen molar-refractivity contribution in [2.45, 2.75) is 38.1 Å². The number of carbonyl (C=O) groups excluding carboxylic acids is 1. The van der Waals surface area contributed by atoms with Gasteiger partial charge in [-0.05, 0) is 49.6 Å². The Labute approximate surface area is 106 Å². The number of amides is 1. The van der Waals surface area contributed by atoms with Crippen LogP contribution >= 0.6 is 11.3 Å². The molecule has 1 aromatic rings. The average molecular weight is 250 g/mol. The highest BCUT2D eigenvalue weighted by atomic mass is 32.1. The monoisotopic (exact) mass is 250 g/mol. The Hall–Kier alpha value is -0.870. The van der Waals surface area contributed by atoms with Crippen LogP contribution in [0.4, 0.5) is 5.00 Å². The summed E-state index contributed by atoms with van der Waals surface area (Å²) in [6.07, 6.45) is 4.98. The summed E-state index contributed by atoms with van der Waals surface area (Å²) in [5.41, 5.74) is 5.85. The van der Waals surface area contributed by atoms with E-state index < -0.39 is 0 Å². The van der Waals surface area contributed by atoms with Crippen molar-refractivity contribution < 1.29 is 4.79 Å². The highest BCUT2D eigenvalue weighted by molar-refractivity contribution is 7.14. The van der Waals surface area contributed by atoms with E-state index in [9.17, 15) is 4.79 Å². The molecule has 2 aliphatic rings. The number of rotatable bonds is 1. The second kappa shape index (κ2) is 4.10. The zero-order valence-electron chi connectivity index (χ0n) is 9.89. The highest BCUT2D eigenvalue weighted by Crippen LogP contribution is 2.46. The van der Waals surface area contributed by atoms with Gasteiger partial charge in [0.15, 0.2) is 0 Å². The second-order valence-electron chi connectivity index (χ2n) is 5.28. The molecule has 1 saturated carbocycles. The molecule has 1 aliphatic carbocycles. The van der Waals surface area contributed by atoms with E-state index in [1.54, 1.807) is 11.3 Å². The van der Waals surface area contributed by atoms with E-state index in [0.29, 0.717) is 11.9 Å². The fraction of sp³-hybridized carbons (Fsp3) is 0.615. The minimum Gasteiger partial charge on any atom is -0.328 e. The Morgan fingerprint density at radius 1 is 1.35 bits per heavy atom. The lowest BCUT2D eigenvalue weighted by molar-refractivity contribution is -0.127. The van der Waals surface area contributed by atoms with E-state index in [-0.39, 0.29) is 5.41 Å². The molecule has 0 bridgehead atoms. The average Bonchev–Trinajstić information content (AvgIpc) is 2.94. The van der Waals surface area contributed by atoms with Crippen LogP contribution in [0, 0.1) is 5.41 Å². The van der Waals surface area contributed by atoms with Crippen molar-refractivity contribution in [1.29, 1.82) is 0 Å². The lowest BCUT2D eigenvalue weighted by Gasteiger charge is -2.34. The first-order chi connectivity index (χ1) is 8.21. The van der Waals surface area contributed by atoms with E-state index in [1.165, 1.54) is 0 Å². The standard InChI is InChI=1S/C13H18N2OS/c14-10-3-5-13(6-4-10)7-8-15(12(13)16)11-2-1-9-17-11/h1-2,9-10H,3-8,14H2. The smallest absolute Gasteiger partial charge is 0.233 e. The molecule has 4 heteroatoms. The Bertz CT molecular complexity index is 407. The minimum absolute atomic E-state index is 0.0835. The summed E-state index contributed by atoms with van der Waals surface area (Å²) >= 11 is 1.65. The number of thiophene rings is 1. The van der Waals surface area contributed by atoms with Crippen LogP contribution < -0.4 is 10.6 Å². The van der Waals surface area contributed by atoms with Crippen molar-refractivity contribution >= 4 is 22.2 Å². The molecule has 0 unspecified atom stereocenters. The summed E-state index contributed by atoms with van der Waals surface area (Å²) in [6.45, 7) is 0.884. The largest absolute Gasteiger partial charge is 0.328 e. The number of carbonyl (C=O) groups is 1. The van der Waals surface area contributed by atoms with Gasteiger partial charge in [-0.2, -0.15) is 0 Å². The molecular formula is C13H18N2OS.